The van der Waals surface area contributed by atoms with Crippen LogP contribution in [0.15, 0.2) is 0 Å². The maximum atomic E-state index is 11.4. The van der Waals surface area contributed by atoms with Crippen LogP contribution in [-0.4, -0.2) is 48.3 Å². The second kappa shape index (κ2) is 5.19. The molecule has 0 aliphatic carbocycles. The highest BCUT2D eigenvalue weighted by molar-refractivity contribution is 5.77. The summed E-state index contributed by atoms with van der Waals surface area (Å²) in [6, 6.07) is 0. The molecule has 0 saturated carbocycles. The van der Waals surface area contributed by atoms with Crippen molar-refractivity contribution in [3.63, 3.8) is 0 Å². The van der Waals surface area contributed by atoms with Crippen molar-refractivity contribution in [2.45, 2.75) is 25.9 Å². The molecule has 1 amide bonds. The Bertz CT molecular complexity index is 172. The largest absolute Gasteiger partial charge is 0.391 e. The van der Waals surface area contributed by atoms with E-state index in [1.165, 1.54) is 0 Å². The molecule has 1 atom stereocenters. The molecule has 1 fully saturated rings. The van der Waals surface area contributed by atoms with Crippen LogP contribution in [0.3, 0.4) is 0 Å². The first-order valence-corrected chi connectivity index (χ1v) is 4.77. The number of carbonyl (C=O) groups is 1. The lowest BCUT2D eigenvalue weighted by Crippen LogP contribution is -2.43. The summed E-state index contributed by atoms with van der Waals surface area (Å²) in [7, 11) is 0. The van der Waals surface area contributed by atoms with E-state index >= 15 is 0 Å². The Balaban J connectivity index is 2.28. The smallest absolute Gasteiger partial charge is 0.248 e. The first-order chi connectivity index (χ1) is 6.24. The maximum Gasteiger partial charge on any atom is 0.248 e. The minimum atomic E-state index is -0.348. The summed E-state index contributed by atoms with van der Waals surface area (Å²) in [5.74, 6) is -0.0133. The molecule has 1 aliphatic heterocycles. The normalized spacial score (nSPS) is 23.2. The zero-order chi connectivity index (χ0) is 9.68. The monoisotopic (exact) mass is 187 g/mol. The van der Waals surface area contributed by atoms with E-state index in [1.54, 1.807) is 4.90 Å². The number of amides is 1. The van der Waals surface area contributed by atoms with Crippen LogP contribution in [0, 0.1) is 0 Å². The number of rotatable bonds is 3. The standard InChI is InChI=1S/C9H17NO3/c1-2-13-7-9(12)10-5-3-4-8(11)6-10/h8,11H,2-7H2,1H3/t8-/m0/s1. The zero-order valence-corrected chi connectivity index (χ0v) is 8.03. The van der Waals surface area contributed by atoms with E-state index in [2.05, 4.69) is 0 Å². The van der Waals surface area contributed by atoms with Crippen LogP contribution in [0.5, 0.6) is 0 Å². The number of hydrogen-bond donors (Lipinski definition) is 1. The molecule has 0 unspecified atom stereocenters. The predicted octanol–water partition coefficient (Wildman–Crippen LogP) is 0.00620. The van der Waals surface area contributed by atoms with Gasteiger partial charge < -0.3 is 14.7 Å². The fraction of sp³-hybridized carbons (Fsp3) is 0.889. The van der Waals surface area contributed by atoms with E-state index in [1.807, 2.05) is 6.92 Å². The van der Waals surface area contributed by atoms with Crippen molar-refractivity contribution in [1.82, 2.24) is 4.90 Å². The van der Waals surface area contributed by atoms with Gasteiger partial charge in [-0.2, -0.15) is 0 Å². The number of carbonyl (C=O) groups excluding carboxylic acids is 1. The molecular weight excluding hydrogens is 170 g/mol. The lowest BCUT2D eigenvalue weighted by atomic mass is 10.1. The number of aliphatic hydroxyl groups is 1. The van der Waals surface area contributed by atoms with Crippen molar-refractivity contribution >= 4 is 5.91 Å². The average Bonchev–Trinajstić information content (AvgIpc) is 2.14. The van der Waals surface area contributed by atoms with E-state index < -0.39 is 0 Å². The van der Waals surface area contributed by atoms with Gasteiger partial charge in [-0.1, -0.05) is 0 Å². The Hall–Kier alpha value is -0.610. The highest BCUT2D eigenvalue weighted by atomic mass is 16.5. The van der Waals surface area contributed by atoms with Gasteiger partial charge in [0.1, 0.15) is 6.61 Å². The highest BCUT2D eigenvalue weighted by Crippen LogP contribution is 2.09. The van der Waals surface area contributed by atoms with E-state index in [0.717, 1.165) is 19.4 Å². The van der Waals surface area contributed by atoms with Crippen LogP contribution in [-0.2, 0) is 9.53 Å². The van der Waals surface area contributed by atoms with Gasteiger partial charge in [0.15, 0.2) is 0 Å². The van der Waals surface area contributed by atoms with Gasteiger partial charge in [-0.15, -0.1) is 0 Å². The third kappa shape index (κ3) is 3.32. The summed E-state index contributed by atoms with van der Waals surface area (Å²) in [6.07, 6.45) is 1.34. The van der Waals surface area contributed by atoms with Gasteiger partial charge in [-0.25, -0.2) is 0 Å². The fourth-order valence-corrected chi connectivity index (χ4v) is 1.46. The number of nitrogens with zero attached hydrogens (tertiary/aromatic N) is 1. The molecule has 13 heavy (non-hydrogen) atoms. The quantitative estimate of drug-likeness (QED) is 0.677. The Morgan fingerprint density at radius 3 is 3.08 bits per heavy atom. The number of ether oxygens (including phenoxy) is 1. The van der Waals surface area contributed by atoms with Crippen LogP contribution in [0.2, 0.25) is 0 Å². The van der Waals surface area contributed by atoms with Crippen LogP contribution in [0.1, 0.15) is 19.8 Å². The van der Waals surface area contributed by atoms with Gasteiger partial charge in [0.25, 0.3) is 0 Å². The molecule has 0 aromatic heterocycles. The van der Waals surface area contributed by atoms with Crippen molar-refractivity contribution < 1.29 is 14.6 Å². The third-order valence-electron chi connectivity index (χ3n) is 2.18. The molecule has 4 nitrogen and oxygen atoms in total. The van der Waals surface area contributed by atoms with Gasteiger partial charge in [0.05, 0.1) is 6.10 Å². The molecule has 0 aromatic rings. The molecule has 0 aromatic carbocycles. The van der Waals surface area contributed by atoms with Crippen molar-refractivity contribution in [3.05, 3.63) is 0 Å². The van der Waals surface area contributed by atoms with Crippen LogP contribution in [0.25, 0.3) is 0 Å². The average molecular weight is 187 g/mol. The minimum Gasteiger partial charge on any atom is -0.391 e. The number of piperidine rings is 1. The lowest BCUT2D eigenvalue weighted by molar-refractivity contribution is -0.139. The van der Waals surface area contributed by atoms with Crippen molar-refractivity contribution in [2.24, 2.45) is 0 Å². The molecule has 0 radical (unpaired) electrons. The number of aliphatic hydroxyl groups excluding tert-OH is 1. The summed E-state index contributed by atoms with van der Waals surface area (Å²) in [4.78, 5) is 13.1. The molecule has 1 N–H and O–H groups in total. The van der Waals surface area contributed by atoms with Crippen LogP contribution in [0.4, 0.5) is 0 Å². The predicted molar refractivity (Wildman–Crippen MR) is 48.3 cm³/mol. The molecular formula is C9H17NO3. The summed E-state index contributed by atoms with van der Waals surface area (Å²) < 4.78 is 5.01. The summed E-state index contributed by atoms with van der Waals surface area (Å²) >= 11 is 0. The minimum absolute atomic E-state index is 0.0133. The molecule has 1 rings (SSSR count). The number of β-amino-alcohol motifs (C(OH)–C–C–N with tert-alkyl or cyclic N) is 1. The van der Waals surface area contributed by atoms with E-state index in [0.29, 0.717) is 13.2 Å². The van der Waals surface area contributed by atoms with E-state index in [4.69, 9.17) is 4.74 Å². The molecule has 4 heteroatoms. The third-order valence-corrected chi connectivity index (χ3v) is 2.18. The SMILES string of the molecule is CCOCC(=O)N1CCC[C@H](O)C1. The van der Waals surface area contributed by atoms with E-state index in [-0.39, 0.29) is 18.6 Å². The van der Waals surface area contributed by atoms with E-state index in [9.17, 15) is 9.90 Å². The maximum absolute atomic E-state index is 11.4. The van der Waals surface area contributed by atoms with Crippen molar-refractivity contribution in [2.75, 3.05) is 26.3 Å². The first kappa shape index (κ1) is 10.5. The molecule has 1 saturated heterocycles. The fourth-order valence-electron chi connectivity index (χ4n) is 1.46. The van der Waals surface area contributed by atoms with Gasteiger partial charge in [-0.3, -0.25) is 4.79 Å². The molecule has 1 heterocycles. The second-order valence-corrected chi connectivity index (χ2v) is 3.27. The Morgan fingerprint density at radius 1 is 1.69 bits per heavy atom. The second-order valence-electron chi connectivity index (χ2n) is 3.27. The topological polar surface area (TPSA) is 49.8 Å². The summed E-state index contributed by atoms with van der Waals surface area (Å²) in [5.41, 5.74) is 0. The van der Waals surface area contributed by atoms with Crippen molar-refractivity contribution in [1.29, 1.82) is 0 Å². The van der Waals surface area contributed by atoms with Crippen LogP contribution >= 0.6 is 0 Å². The van der Waals surface area contributed by atoms with Gasteiger partial charge in [0, 0.05) is 19.7 Å². The highest BCUT2D eigenvalue weighted by Gasteiger charge is 2.21. The van der Waals surface area contributed by atoms with Crippen LogP contribution < -0.4 is 0 Å². The Morgan fingerprint density at radius 2 is 2.46 bits per heavy atom. The zero-order valence-electron chi connectivity index (χ0n) is 8.03. The summed E-state index contributed by atoms with van der Waals surface area (Å²) in [6.45, 7) is 3.78. The van der Waals surface area contributed by atoms with Gasteiger partial charge in [0.2, 0.25) is 5.91 Å². The number of hydrogen-bond acceptors (Lipinski definition) is 3. The number of likely N-dealkylation sites (tertiary alicyclic amines) is 1. The summed E-state index contributed by atoms with van der Waals surface area (Å²) in [5, 5.41) is 9.32. The first-order valence-electron chi connectivity index (χ1n) is 4.77. The Kier molecular flexibility index (Phi) is 4.18. The molecule has 0 bridgehead atoms. The lowest BCUT2D eigenvalue weighted by Gasteiger charge is -2.29. The molecule has 0 spiro atoms. The molecule has 76 valence electrons. The van der Waals surface area contributed by atoms with Crippen molar-refractivity contribution in [3.8, 4) is 0 Å². The van der Waals surface area contributed by atoms with Gasteiger partial charge in [-0.05, 0) is 19.8 Å². The van der Waals surface area contributed by atoms with Gasteiger partial charge >= 0.3 is 0 Å². The molecule has 1 aliphatic rings. The Labute approximate surface area is 78.5 Å².